The number of nitrogens with zero attached hydrogens (tertiary/aromatic N) is 4. The van der Waals surface area contributed by atoms with Crippen LogP contribution in [0.1, 0.15) is 22.3 Å². The van der Waals surface area contributed by atoms with Gasteiger partial charge in [0.05, 0.1) is 23.9 Å². The van der Waals surface area contributed by atoms with Crippen LogP contribution in [0.15, 0.2) is 104 Å². The molecule has 5 rings (SSSR count). The average Bonchev–Trinajstić information content (AvgIpc) is 2.93. The van der Waals surface area contributed by atoms with E-state index in [0.29, 0.717) is 6.42 Å². The minimum absolute atomic E-state index is 0.384. The number of rotatable bonds is 6. The highest BCUT2D eigenvalue weighted by Gasteiger charge is 2.12. The second-order valence-corrected chi connectivity index (χ2v) is 8.57. The van der Waals surface area contributed by atoms with Crippen molar-refractivity contribution in [1.29, 1.82) is 5.26 Å². The molecule has 0 aliphatic rings. The van der Waals surface area contributed by atoms with Gasteiger partial charge in [-0.05, 0) is 47.9 Å². The lowest BCUT2D eigenvalue weighted by atomic mass is 9.98. The molecule has 0 aliphatic carbocycles. The minimum atomic E-state index is 0.384. The van der Waals surface area contributed by atoms with E-state index in [2.05, 4.69) is 54.4 Å². The van der Waals surface area contributed by atoms with E-state index in [-0.39, 0.29) is 0 Å². The summed E-state index contributed by atoms with van der Waals surface area (Å²) >= 11 is 0. The fraction of sp³-hybridized carbons (Fsp3) is 0.0625. The lowest BCUT2D eigenvalue weighted by molar-refractivity contribution is 1.22. The lowest BCUT2D eigenvalue weighted by Gasteiger charge is -2.12. The van der Waals surface area contributed by atoms with E-state index in [9.17, 15) is 0 Å². The van der Waals surface area contributed by atoms with Crippen LogP contribution in [0.25, 0.3) is 45.8 Å². The average molecular weight is 465 g/mol. The van der Waals surface area contributed by atoms with Crippen LogP contribution >= 0.6 is 0 Å². The van der Waals surface area contributed by atoms with Gasteiger partial charge in [0, 0.05) is 52.6 Å². The molecular weight excluding hydrogens is 440 g/mol. The van der Waals surface area contributed by atoms with Gasteiger partial charge in [-0.1, -0.05) is 66.7 Å². The van der Waals surface area contributed by atoms with Crippen LogP contribution in [0.4, 0.5) is 0 Å². The number of benzene rings is 2. The molecule has 3 heterocycles. The molecule has 0 amide bonds. The first-order valence-corrected chi connectivity index (χ1v) is 11.8. The van der Waals surface area contributed by atoms with Gasteiger partial charge in [-0.25, -0.2) is 0 Å². The molecule has 4 heteroatoms. The second kappa shape index (κ2) is 10.6. The third-order valence-electron chi connectivity index (χ3n) is 6.00. The molecule has 0 N–H and O–H groups in total. The van der Waals surface area contributed by atoms with Crippen LogP contribution in [0.2, 0.25) is 0 Å². The molecule has 0 saturated carbocycles. The van der Waals surface area contributed by atoms with E-state index < -0.39 is 0 Å². The maximum absolute atomic E-state index is 9.05. The van der Waals surface area contributed by atoms with Crippen molar-refractivity contribution in [2.24, 2.45) is 0 Å². The van der Waals surface area contributed by atoms with Crippen molar-refractivity contribution in [3.8, 4) is 39.7 Å². The molecule has 0 fully saturated rings. The maximum atomic E-state index is 9.05. The monoisotopic (exact) mass is 464 g/mol. The number of nitriles is 1. The third-order valence-corrected chi connectivity index (χ3v) is 6.00. The van der Waals surface area contributed by atoms with E-state index >= 15 is 0 Å². The Morgan fingerprint density at radius 1 is 0.722 bits per heavy atom. The SMILES string of the molecule is Cc1cc(-c2ncc(-c3cccnc3)cc2/C=C/c2ccccc2)cnc1-c1cccc(CC#N)c1. The van der Waals surface area contributed by atoms with Crippen molar-refractivity contribution >= 4 is 12.2 Å². The van der Waals surface area contributed by atoms with E-state index in [1.165, 1.54) is 0 Å². The van der Waals surface area contributed by atoms with Crippen LogP contribution < -0.4 is 0 Å². The second-order valence-electron chi connectivity index (χ2n) is 8.57. The molecule has 3 aromatic heterocycles. The molecule has 0 unspecified atom stereocenters. The fourth-order valence-corrected chi connectivity index (χ4v) is 4.22. The van der Waals surface area contributed by atoms with Crippen LogP contribution in [-0.2, 0) is 6.42 Å². The van der Waals surface area contributed by atoms with Gasteiger partial charge in [0.2, 0.25) is 0 Å². The van der Waals surface area contributed by atoms with E-state index in [0.717, 1.165) is 55.9 Å². The number of aromatic nitrogens is 3. The quantitative estimate of drug-likeness (QED) is 0.262. The van der Waals surface area contributed by atoms with Crippen molar-refractivity contribution in [3.05, 3.63) is 126 Å². The van der Waals surface area contributed by atoms with Gasteiger partial charge in [-0.3, -0.25) is 15.0 Å². The highest BCUT2D eigenvalue weighted by Crippen LogP contribution is 2.31. The smallest absolute Gasteiger partial charge is 0.0790 e. The molecule has 36 heavy (non-hydrogen) atoms. The van der Waals surface area contributed by atoms with Crippen molar-refractivity contribution < 1.29 is 0 Å². The summed E-state index contributed by atoms with van der Waals surface area (Å²) in [5.41, 5.74) is 9.94. The predicted octanol–water partition coefficient (Wildman–Crippen LogP) is 7.42. The number of hydrogen-bond acceptors (Lipinski definition) is 4. The molecule has 0 radical (unpaired) electrons. The topological polar surface area (TPSA) is 62.5 Å². The summed E-state index contributed by atoms with van der Waals surface area (Å²) in [6, 6.07) is 28.7. The summed E-state index contributed by atoms with van der Waals surface area (Å²) in [5, 5.41) is 9.05. The summed E-state index contributed by atoms with van der Waals surface area (Å²) in [6.07, 6.45) is 12.0. The van der Waals surface area contributed by atoms with Crippen molar-refractivity contribution in [2.45, 2.75) is 13.3 Å². The molecule has 0 atom stereocenters. The molecule has 0 saturated heterocycles. The number of aryl methyl sites for hydroxylation is 1. The van der Waals surface area contributed by atoms with Gasteiger partial charge in [-0.15, -0.1) is 0 Å². The Labute approximate surface area is 211 Å². The largest absolute Gasteiger partial charge is 0.264 e. The molecular formula is C32H24N4. The summed E-state index contributed by atoms with van der Waals surface area (Å²) in [4.78, 5) is 13.9. The Bertz CT molecular complexity index is 1570. The van der Waals surface area contributed by atoms with Gasteiger partial charge in [-0.2, -0.15) is 5.26 Å². The third kappa shape index (κ3) is 5.11. The Balaban J connectivity index is 1.56. The molecule has 4 nitrogen and oxygen atoms in total. The number of hydrogen-bond donors (Lipinski definition) is 0. The van der Waals surface area contributed by atoms with Gasteiger partial charge in [0.15, 0.2) is 0 Å². The highest BCUT2D eigenvalue weighted by atomic mass is 14.7. The zero-order chi connectivity index (χ0) is 24.7. The van der Waals surface area contributed by atoms with Crippen LogP contribution in [-0.4, -0.2) is 15.0 Å². The van der Waals surface area contributed by atoms with Crippen LogP contribution in [0.3, 0.4) is 0 Å². The fourth-order valence-electron chi connectivity index (χ4n) is 4.22. The molecule has 0 aliphatic heterocycles. The Morgan fingerprint density at radius 2 is 1.53 bits per heavy atom. The zero-order valence-electron chi connectivity index (χ0n) is 20.0. The summed E-state index contributed by atoms with van der Waals surface area (Å²) in [5.74, 6) is 0. The normalized spacial score (nSPS) is 10.9. The van der Waals surface area contributed by atoms with Crippen molar-refractivity contribution in [3.63, 3.8) is 0 Å². The molecule has 5 aromatic rings. The first kappa shape index (κ1) is 22.9. The first-order chi connectivity index (χ1) is 17.7. The van der Waals surface area contributed by atoms with E-state index in [4.69, 9.17) is 15.2 Å². The summed E-state index contributed by atoms with van der Waals surface area (Å²) in [7, 11) is 0. The number of pyridine rings is 3. The Morgan fingerprint density at radius 3 is 2.31 bits per heavy atom. The first-order valence-electron chi connectivity index (χ1n) is 11.8. The standard InChI is InChI=1S/C32H24N4/c1-23-17-30(22-35-31(23)26-10-5-9-25(18-26)14-15-33)32-27(13-12-24-7-3-2-4-8-24)19-29(21-36-32)28-11-6-16-34-20-28/h2-13,16-22H,14H2,1H3/b13-12+. The van der Waals surface area contributed by atoms with E-state index in [1.54, 1.807) is 6.20 Å². The van der Waals surface area contributed by atoms with Crippen molar-refractivity contribution in [2.75, 3.05) is 0 Å². The summed E-state index contributed by atoms with van der Waals surface area (Å²) < 4.78 is 0. The van der Waals surface area contributed by atoms with Crippen molar-refractivity contribution in [1.82, 2.24) is 15.0 Å². The van der Waals surface area contributed by atoms with Crippen LogP contribution in [0.5, 0.6) is 0 Å². The highest BCUT2D eigenvalue weighted by molar-refractivity contribution is 5.82. The molecule has 172 valence electrons. The zero-order valence-corrected chi connectivity index (χ0v) is 20.0. The molecule has 0 spiro atoms. The summed E-state index contributed by atoms with van der Waals surface area (Å²) in [6.45, 7) is 2.06. The van der Waals surface area contributed by atoms with Gasteiger partial charge >= 0.3 is 0 Å². The van der Waals surface area contributed by atoms with Gasteiger partial charge in [0.1, 0.15) is 0 Å². The Kier molecular flexibility index (Phi) is 6.73. The van der Waals surface area contributed by atoms with Gasteiger partial charge < -0.3 is 0 Å². The van der Waals surface area contributed by atoms with Crippen LogP contribution in [0, 0.1) is 18.3 Å². The van der Waals surface area contributed by atoms with E-state index in [1.807, 2.05) is 73.2 Å². The minimum Gasteiger partial charge on any atom is -0.264 e. The lowest BCUT2D eigenvalue weighted by Crippen LogP contribution is -1.95. The molecule has 2 aromatic carbocycles. The Hall–Kier alpha value is -4.88. The maximum Gasteiger partial charge on any atom is 0.0790 e. The molecule has 0 bridgehead atoms. The predicted molar refractivity (Wildman–Crippen MR) is 146 cm³/mol. The van der Waals surface area contributed by atoms with Gasteiger partial charge in [0.25, 0.3) is 0 Å².